The number of anilines is 1. The van der Waals surface area contributed by atoms with E-state index in [4.69, 9.17) is 4.74 Å². The lowest BCUT2D eigenvalue weighted by Crippen LogP contribution is -2.33. The van der Waals surface area contributed by atoms with Crippen LogP contribution < -0.4 is 4.90 Å². The predicted molar refractivity (Wildman–Crippen MR) is 82.5 cm³/mol. The standard InChI is InChI=1S/C15H21BrN2O/c1-19-10-9-18(12-13-5-3-2-4-6-13)15-11-14(16)7-8-17-15/h2-3,7-8,11,13H,4-6,9-10,12H2,1H3. The zero-order chi connectivity index (χ0) is 13.5. The van der Waals surface area contributed by atoms with Crippen molar-refractivity contribution in [1.82, 2.24) is 4.98 Å². The molecule has 1 unspecified atom stereocenters. The summed E-state index contributed by atoms with van der Waals surface area (Å²) in [6.45, 7) is 2.67. The van der Waals surface area contributed by atoms with Crippen molar-refractivity contribution in [3.05, 3.63) is 35.0 Å². The molecule has 0 aliphatic heterocycles. The second-order valence-electron chi connectivity index (χ2n) is 4.92. The third kappa shape index (κ3) is 4.62. The number of allylic oxidation sites excluding steroid dienone is 2. The van der Waals surface area contributed by atoms with Crippen LogP contribution in [0.15, 0.2) is 35.0 Å². The molecule has 0 radical (unpaired) electrons. The van der Waals surface area contributed by atoms with Gasteiger partial charge >= 0.3 is 0 Å². The van der Waals surface area contributed by atoms with E-state index in [2.05, 4.69) is 44.0 Å². The van der Waals surface area contributed by atoms with Crippen LogP contribution in [-0.4, -0.2) is 31.8 Å². The first kappa shape index (κ1) is 14.5. The Bertz CT molecular complexity index is 422. The summed E-state index contributed by atoms with van der Waals surface area (Å²) in [5, 5.41) is 0. The Labute approximate surface area is 123 Å². The molecule has 2 rings (SSSR count). The van der Waals surface area contributed by atoms with Crippen LogP contribution in [0, 0.1) is 5.92 Å². The van der Waals surface area contributed by atoms with Crippen molar-refractivity contribution in [2.45, 2.75) is 19.3 Å². The van der Waals surface area contributed by atoms with Crippen molar-refractivity contribution in [2.24, 2.45) is 5.92 Å². The minimum atomic E-state index is 0.725. The van der Waals surface area contributed by atoms with Crippen molar-refractivity contribution >= 4 is 21.7 Å². The first-order valence-electron chi connectivity index (χ1n) is 6.80. The minimum Gasteiger partial charge on any atom is -0.383 e. The van der Waals surface area contributed by atoms with E-state index in [9.17, 15) is 0 Å². The summed E-state index contributed by atoms with van der Waals surface area (Å²) in [5.41, 5.74) is 0. The molecule has 19 heavy (non-hydrogen) atoms. The normalized spacial score (nSPS) is 18.5. The van der Waals surface area contributed by atoms with Gasteiger partial charge < -0.3 is 9.64 Å². The molecule has 0 N–H and O–H groups in total. The van der Waals surface area contributed by atoms with E-state index < -0.39 is 0 Å². The Morgan fingerprint density at radius 3 is 3.05 bits per heavy atom. The first-order valence-corrected chi connectivity index (χ1v) is 7.59. The average molecular weight is 325 g/mol. The number of methoxy groups -OCH3 is 1. The summed E-state index contributed by atoms with van der Waals surface area (Å²) in [4.78, 5) is 6.81. The Kier molecular flexibility index (Phi) is 5.86. The van der Waals surface area contributed by atoms with Crippen LogP contribution in [0.2, 0.25) is 0 Å². The van der Waals surface area contributed by atoms with Gasteiger partial charge in [-0.1, -0.05) is 28.1 Å². The van der Waals surface area contributed by atoms with Gasteiger partial charge in [0.25, 0.3) is 0 Å². The van der Waals surface area contributed by atoms with Gasteiger partial charge in [-0.25, -0.2) is 4.98 Å². The summed E-state index contributed by atoms with van der Waals surface area (Å²) < 4.78 is 6.29. The van der Waals surface area contributed by atoms with Crippen LogP contribution in [0.25, 0.3) is 0 Å². The third-order valence-corrected chi connectivity index (χ3v) is 3.95. The van der Waals surface area contributed by atoms with Gasteiger partial charge in [-0.3, -0.25) is 0 Å². The number of aromatic nitrogens is 1. The quantitative estimate of drug-likeness (QED) is 0.747. The number of rotatable bonds is 6. The summed E-state index contributed by atoms with van der Waals surface area (Å²) in [7, 11) is 1.75. The topological polar surface area (TPSA) is 25.4 Å². The molecule has 0 bridgehead atoms. The summed E-state index contributed by atoms with van der Waals surface area (Å²) >= 11 is 3.51. The number of hydrogen-bond donors (Lipinski definition) is 0. The zero-order valence-corrected chi connectivity index (χ0v) is 13.0. The van der Waals surface area contributed by atoms with Crippen LogP contribution in [-0.2, 0) is 4.74 Å². The molecule has 0 spiro atoms. The number of pyridine rings is 1. The molecular weight excluding hydrogens is 304 g/mol. The molecule has 1 aromatic rings. The van der Waals surface area contributed by atoms with Gasteiger partial charge in [0, 0.05) is 30.9 Å². The van der Waals surface area contributed by atoms with E-state index in [1.54, 1.807) is 7.11 Å². The molecule has 0 saturated heterocycles. The van der Waals surface area contributed by atoms with Crippen molar-refractivity contribution in [3.8, 4) is 0 Å². The van der Waals surface area contributed by atoms with Gasteiger partial charge in [0.1, 0.15) is 5.82 Å². The molecule has 104 valence electrons. The molecule has 1 aliphatic carbocycles. The van der Waals surface area contributed by atoms with E-state index in [0.29, 0.717) is 0 Å². The lowest BCUT2D eigenvalue weighted by Gasteiger charge is -2.29. The summed E-state index contributed by atoms with van der Waals surface area (Å²) in [5.74, 6) is 1.75. The van der Waals surface area contributed by atoms with Crippen LogP contribution in [0.5, 0.6) is 0 Å². The zero-order valence-electron chi connectivity index (χ0n) is 11.4. The highest BCUT2D eigenvalue weighted by Gasteiger charge is 2.16. The van der Waals surface area contributed by atoms with E-state index >= 15 is 0 Å². The number of hydrogen-bond acceptors (Lipinski definition) is 3. The van der Waals surface area contributed by atoms with Crippen LogP contribution in [0.1, 0.15) is 19.3 Å². The molecule has 1 atom stereocenters. The number of ether oxygens (including phenoxy) is 1. The third-order valence-electron chi connectivity index (χ3n) is 3.45. The van der Waals surface area contributed by atoms with Crippen LogP contribution >= 0.6 is 15.9 Å². The Hall–Kier alpha value is -0.870. The smallest absolute Gasteiger partial charge is 0.129 e. The van der Waals surface area contributed by atoms with Gasteiger partial charge in [-0.05, 0) is 37.3 Å². The molecule has 0 saturated carbocycles. The molecule has 3 nitrogen and oxygen atoms in total. The van der Waals surface area contributed by atoms with E-state index in [0.717, 1.165) is 35.9 Å². The summed E-state index contributed by atoms with van der Waals surface area (Å²) in [6.07, 6.45) is 10.1. The fourth-order valence-corrected chi connectivity index (χ4v) is 2.72. The maximum Gasteiger partial charge on any atom is 0.129 e. The van der Waals surface area contributed by atoms with Crippen molar-refractivity contribution in [1.29, 1.82) is 0 Å². The maximum absolute atomic E-state index is 5.22. The number of nitrogens with zero attached hydrogens (tertiary/aromatic N) is 2. The number of halogens is 1. The lowest BCUT2D eigenvalue weighted by atomic mass is 9.94. The van der Waals surface area contributed by atoms with Gasteiger partial charge in [0.2, 0.25) is 0 Å². The monoisotopic (exact) mass is 324 g/mol. The second-order valence-corrected chi connectivity index (χ2v) is 5.84. The molecule has 4 heteroatoms. The molecule has 0 amide bonds. The van der Waals surface area contributed by atoms with Crippen molar-refractivity contribution in [2.75, 3.05) is 31.7 Å². The SMILES string of the molecule is COCCN(CC1CC=CCC1)c1cc(Br)ccn1. The van der Waals surface area contributed by atoms with Crippen LogP contribution in [0.3, 0.4) is 0 Å². The van der Waals surface area contributed by atoms with E-state index in [-0.39, 0.29) is 0 Å². The summed E-state index contributed by atoms with van der Waals surface area (Å²) in [6, 6.07) is 4.04. The highest BCUT2D eigenvalue weighted by Crippen LogP contribution is 2.23. The first-order chi connectivity index (χ1) is 9.29. The van der Waals surface area contributed by atoms with Crippen LogP contribution in [0.4, 0.5) is 5.82 Å². The van der Waals surface area contributed by atoms with Gasteiger partial charge in [0.05, 0.1) is 6.61 Å². The Balaban J connectivity index is 2.04. The molecule has 0 aromatic carbocycles. The Morgan fingerprint density at radius 2 is 2.37 bits per heavy atom. The van der Waals surface area contributed by atoms with Crippen molar-refractivity contribution in [3.63, 3.8) is 0 Å². The lowest BCUT2D eigenvalue weighted by molar-refractivity contribution is 0.203. The predicted octanol–water partition coefficient (Wildman–Crippen LogP) is 3.65. The fourth-order valence-electron chi connectivity index (χ4n) is 2.40. The molecular formula is C15H21BrN2O. The molecule has 0 fully saturated rings. The molecule has 1 aromatic heterocycles. The highest BCUT2D eigenvalue weighted by molar-refractivity contribution is 9.10. The second kappa shape index (κ2) is 7.65. The van der Waals surface area contributed by atoms with E-state index in [1.807, 2.05) is 12.3 Å². The highest BCUT2D eigenvalue weighted by atomic mass is 79.9. The fraction of sp³-hybridized carbons (Fsp3) is 0.533. The van der Waals surface area contributed by atoms with Crippen molar-refractivity contribution < 1.29 is 4.74 Å². The average Bonchev–Trinajstić information content (AvgIpc) is 2.44. The minimum absolute atomic E-state index is 0.725. The molecule has 1 aliphatic rings. The largest absolute Gasteiger partial charge is 0.383 e. The van der Waals surface area contributed by atoms with Gasteiger partial charge in [-0.15, -0.1) is 0 Å². The van der Waals surface area contributed by atoms with E-state index in [1.165, 1.54) is 19.3 Å². The van der Waals surface area contributed by atoms with Gasteiger partial charge in [0.15, 0.2) is 0 Å². The van der Waals surface area contributed by atoms with Gasteiger partial charge in [-0.2, -0.15) is 0 Å². The molecule has 1 heterocycles. The maximum atomic E-state index is 5.22. The Morgan fingerprint density at radius 1 is 1.47 bits per heavy atom.